The van der Waals surface area contributed by atoms with E-state index in [-0.39, 0.29) is 24.0 Å². The Morgan fingerprint density at radius 3 is 2.31 bits per heavy atom. The van der Waals surface area contributed by atoms with E-state index in [1.807, 2.05) is 24.3 Å². The minimum absolute atomic E-state index is 0.0821. The Morgan fingerprint density at radius 1 is 1.03 bits per heavy atom. The second kappa shape index (κ2) is 11.9. The molecular weight excluding hydrogens is 498 g/mol. The van der Waals surface area contributed by atoms with Gasteiger partial charge in [-0.1, -0.05) is 50.3 Å². The first-order valence-corrected chi connectivity index (χ1v) is 14.2. The predicted octanol–water partition coefficient (Wildman–Crippen LogP) is 3.85. The highest BCUT2D eigenvalue weighted by Crippen LogP contribution is 2.39. The number of Topliss-reactive ketones (excluding diaryl/α,β-unsaturated/α-hetero) is 2. The summed E-state index contributed by atoms with van der Waals surface area (Å²) >= 11 is 0. The minimum Gasteiger partial charge on any atom is -0.444 e. The van der Waals surface area contributed by atoms with Crippen molar-refractivity contribution in [1.82, 2.24) is 5.32 Å². The molecule has 1 heterocycles. The van der Waals surface area contributed by atoms with Crippen LogP contribution in [0.1, 0.15) is 84.1 Å². The molecular formula is C30H41N3O6. The highest BCUT2D eigenvalue weighted by Gasteiger charge is 2.45. The molecule has 1 aromatic rings. The lowest BCUT2D eigenvalue weighted by Gasteiger charge is -2.35. The molecule has 0 saturated heterocycles. The lowest BCUT2D eigenvalue weighted by atomic mass is 9.83. The molecule has 2 saturated carbocycles. The summed E-state index contributed by atoms with van der Waals surface area (Å²) in [6.07, 6.45) is 6.46. The predicted molar refractivity (Wildman–Crippen MR) is 146 cm³/mol. The van der Waals surface area contributed by atoms with Gasteiger partial charge in [-0.05, 0) is 63.5 Å². The lowest BCUT2D eigenvalue weighted by molar-refractivity contribution is -0.140. The fourth-order valence-electron chi connectivity index (χ4n) is 5.97. The molecule has 3 atom stereocenters. The Balaban J connectivity index is 1.61. The van der Waals surface area contributed by atoms with Crippen LogP contribution in [0.3, 0.4) is 0 Å². The average Bonchev–Trinajstić information content (AvgIpc) is 3.61. The number of carbonyl (C=O) groups excluding carboxylic acids is 5. The molecule has 9 heteroatoms. The zero-order valence-corrected chi connectivity index (χ0v) is 23.2. The maximum atomic E-state index is 14.3. The molecule has 3 N–H and O–H groups in total. The fourth-order valence-corrected chi connectivity index (χ4v) is 5.97. The number of alkyl carbamates (subject to hydrolysis) is 1. The van der Waals surface area contributed by atoms with Crippen LogP contribution < -0.4 is 16.0 Å². The van der Waals surface area contributed by atoms with Crippen molar-refractivity contribution in [3.63, 3.8) is 0 Å². The topological polar surface area (TPSA) is 136 Å². The quantitative estimate of drug-likeness (QED) is 0.434. The molecule has 212 valence electrons. The van der Waals surface area contributed by atoms with Crippen molar-refractivity contribution in [3.05, 3.63) is 29.8 Å². The van der Waals surface area contributed by atoms with Gasteiger partial charge in [0.15, 0.2) is 5.78 Å². The van der Waals surface area contributed by atoms with Crippen LogP contribution in [0.25, 0.3) is 0 Å². The second-order valence-electron chi connectivity index (χ2n) is 12.4. The van der Waals surface area contributed by atoms with Gasteiger partial charge < -0.3 is 15.8 Å². The summed E-state index contributed by atoms with van der Waals surface area (Å²) < 4.78 is 5.49. The van der Waals surface area contributed by atoms with Crippen LogP contribution in [0.4, 0.5) is 10.5 Å². The zero-order chi connectivity index (χ0) is 28.3. The number of fused-ring (bicyclic) bond motifs is 1. The van der Waals surface area contributed by atoms with Crippen molar-refractivity contribution in [2.24, 2.45) is 23.5 Å². The molecule has 1 aliphatic heterocycles. The van der Waals surface area contributed by atoms with Crippen molar-refractivity contribution in [2.45, 2.75) is 103 Å². The van der Waals surface area contributed by atoms with Crippen LogP contribution in [0.15, 0.2) is 24.3 Å². The number of hydrogen-bond acceptors (Lipinski definition) is 6. The Hall–Kier alpha value is -3.23. The van der Waals surface area contributed by atoms with Gasteiger partial charge in [0.1, 0.15) is 11.6 Å². The number of primary amides is 1. The molecule has 2 fully saturated rings. The van der Waals surface area contributed by atoms with Crippen molar-refractivity contribution in [2.75, 3.05) is 4.90 Å². The van der Waals surface area contributed by atoms with Gasteiger partial charge in [0.05, 0.1) is 6.04 Å². The van der Waals surface area contributed by atoms with Gasteiger partial charge in [-0.2, -0.15) is 0 Å². The fraction of sp³-hybridized carbons (Fsp3) is 0.633. The normalized spacial score (nSPS) is 21.0. The Bertz CT molecular complexity index is 1120. The zero-order valence-electron chi connectivity index (χ0n) is 23.2. The smallest absolute Gasteiger partial charge is 0.408 e. The Labute approximate surface area is 230 Å². The van der Waals surface area contributed by atoms with Crippen molar-refractivity contribution in [1.29, 1.82) is 0 Å². The van der Waals surface area contributed by atoms with Crippen molar-refractivity contribution in [3.8, 4) is 0 Å². The molecule has 0 bridgehead atoms. The molecule has 39 heavy (non-hydrogen) atoms. The van der Waals surface area contributed by atoms with Crippen LogP contribution in [0.5, 0.6) is 0 Å². The number of nitrogens with two attached hydrogens (primary N) is 1. The molecule has 3 amide bonds. The average molecular weight is 540 g/mol. The number of nitrogens with one attached hydrogen (secondary N) is 1. The van der Waals surface area contributed by atoms with Crippen molar-refractivity contribution >= 4 is 35.2 Å². The second-order valence-corrected chi connectivity index (χ2v) is 12.4. The van der Waals surface area contributed by atoms with Gasteiger partial charge in [0, 0.05) is 24.4 Å². The number of hydrogen-bond donors (Lipinski definition) is 2. The number of benzene rings is 1. The van der Waals surface area contributed by atoms with Gasteiger partial charge in [-0.15, -0.1) is 0 Å². The number of para-hydroxylation sites is 1. The monoisotopic (exact) mass is 539 g/mol. The minimum atomic E-state index is -1.03. The number of ether oxygens (including phenoxy) is 1. The highest BCUT2D eigenvalue weighted by molar-refractivity contribution is 6.36. The Morgan fingerprint density at radius 2 is 1.69 bits per heavy atom. The number of nitrogens with zero attached hydrogens (tertiary/aromatic N) is 1. The van der Waals surface area contributed by atoms with Gasteiger partial charge in [0.2, 0.25) is 5.78 Å². The molecule has 9 nitrogen and oxygen atoms in total. The SMILES string of the molecule is CC(C)(C)OC(=O)N[C@H](C(=O)N1c2ccccc2C[C@H]1C(=O)CC(CC1CC1)C(=O)C(N)=O)C1CCCCC1. The van der Waals surface area contributed by atoms with E-state index in [9.17, 15) is 24.0 Å². The van der Waals surface area contributed by atoms with E-state index in [2.05, 4.69) is 5.32 Å². The number of rotatable bonds is 10. The van der Waals surface area contributed by atoms with E-state index in [0.29, 0.717) is 24.4 Å². The van der Waals surface area contributed by atoms with Gasteiger partial charge in [-0.25, -0.2) is 4.79 Å². The largest absolute Gasteiger partial charge is 0.444 e. The van der Waals surface area contributed by atoms with E-state index in [4.69, 9.17) is 10.5 Å². The van der Waals surface area contributed by atoms with Crippen molar-refractivity contribution < 1.29 is 28.7 Å². The third kappa shape index (κ3) is 7.25. The summed E-state index contributed by atoms with van der Waals surface area (Å²) in [6.45, 7) is 5.29. The highest BCUT2D eigenvalue weighted by atomic mass is 16.6. The first-order valence-electron chi connectivity index (χ1n) is 14.2. The molecule has 1 unspecified atom stereocenters. The maximum absolute atomic E-state index is 14.3. The first-order chi connectivity index (χ1) is 18.4. The summed E-state index contributed by atoms with van der Waals surface area (Å²) in [5.74, 6) is -2.93. The molecule has 0 spiro atoms. The van der Waals surface area contributed by atoms with E-state index in [1.54, 1.807) is 20.8 Å². The molecule has 4 rings (SSSR count). The summed E-state index contributed by atoms with van der Waals surface area (Å²) in [6, 6.07) is 5.69. The van der Waals surface area contributed by atoms with Crippen LogP contribution in [-0.4, -0.2) is 47.2 Å². The molecule has 0 aromatic heterocycles. The molecule has 3 aliphatic rings. The summed E-state index contributed by atoms with van der Waals surface area (Å²) in [4.78, 5) is 66.7. The van der Waals surface area contributed by atoms with Crippen LogP contribution in [0.2, 0.25) is 0 Å². The number of ketones is 2. The van der Waals surface area contributed by atoms with Gasteiger partial charge >= 0.3 is 6.09 Å². The van der Waals surface area contributed by atoms with Gasteiger partial charge in [-0.3, -0.25) is 24.1 Å². The molecule has 0 radical (unpaired) electrons. The summed E-state index contributed by atoms with van der Waals surface area (Å²) in [7, 11) is 0. The lowest BCUT2D eigenvalue weighted by Crippen LogP contribution is -2.56. The molecule has 2 aliphatic carbocycles. The van der Waals surface area contributed by atoms with E-state index in [1.165, 1.54) is 4.90 Å². The summed E-state index contributed by atoms with van der Waals surface area (Å²) in [5.41, 5.74) is 6.06. The van der Waals surface area contributed by atoms with E-state index in [0.717, 1.165) is 50.5 Å². The molecule has 1 aromatic carbocycles. The number of amides is 3. The number of carbonyl (C=O) groups is 5. The standard InChI is InChI=1S/C30H41N3O6/c1-30(2,3)39-29(38)32-25(19-9-5-4-6-10-19)28(37)33-22-12-8-7-11-20(22)16-23(33)24(34)17-21(15-18-13-14-18)26(35)27(31)36/h7-8,11-12,18-19,21,23,25H,4-6,9-10,13-17H2,1-3H3,(H2,31,36)(H,32,38)/t21?,23-,25-/m0/s1. The van der Waals surface area contributed by atoms with Crippen LogP contribution in [-0.2, 0) is 30.3 Å². The van der Waals surface area contributed by atoms with Crippen LogP contribution >= 0.6 is 0 Å². The Kier molecular flexibility index (Phi) is 8.76. The number of anilines is 1. The third-order valence-corrected chi connectivity index (χ3v) is 8.02. The third-order valence-electron chi connectivity index (χ3n) is 8.02. The first kappa shape index (κ1) is 28.8. The van der Waals surface area contributed by atoms with E-state index >= 15 is 0 Å². The summed E-state index contributed by atoms with van der Waals surface area (Å²) in [5, 5.41) is 2.84. The van der Waals surface area contributed by atoms with E-state index < -0.39 is 41.4 Å². The van der Waals surface area contributed by atoms with Crippen LogP contribution in [0, 0.1) is 17.8 Å². The van der Waals surface area contributed by atoms with Gasteiger partial charge in [0.25, 0.3) is 11.8 Å². The maximum Gasteiger partial charge on any atom is 0.408 e.